The topological polar surface area (TPSA) is 96.5 Å². The zero-order valence-electron chi connectivity index (χ0n) is 20.5. The maximum atomic E-state index is 12.4. The van der Waals surface area contributed by atoms with Crippen LogP contribution in [0.25, 0.3) is 11.1 Å². The Labute approximate surface area is 215 Å². The van der Waals surface area contributed by atoms with Crippen molar-refractivity contribution in [3.05, 3.63) is 120 Å². The predicted molar refractivity (Wildman–Crippen MR) is 143 cm³/mol. The zero-order chi connectivity index (χ0) is 26.2. The van der Waals surface area contributed by atoms with Gasteiger partial charge in [-0.2, -0.15) is 0 Å². The van der Waals surface area contributed by atoms with E-state index in [2.05, 4.69) is 16.2 Å². The van der Waals surface area contributed by atoms with Gasteiger partial charge in [0.2, 0.25) is 0 Å². The molecular formula is C30H27N3O4. The van der Waals surface area contributed by atoms with Crippen molar-refractivity contribution in [3.63, 3.8) is 0 Å². The van der Waals surface area contributed by atoms with Crippen LogP contribution in [0.4, 0.5) is 5.69 Å². The van der Waals surface area contributed by atoms with E-state index in [4.69, 9.17) is 4.74 Å². The molecule has 0 heterocycles. The van der Waals surface area contributed by atoms with E-state index in [1.165, 1.54) is 0 Å². The van der Waals surface area contributed by atoms with Gasteiger partial charge in [-0.15, -0.1) is 0 Å². The van der Waals surface area contributed by atoms with Crippen molar-refractivity contribution in [3.8, 4) is 16.9 Å². The van der Waals surface area contributed by atoms with E-state index < -0.39 is 17.9 Å². The standard InChI is InChI=1S/C30H27N3O4/c1-20-7-6-10-25(19-20)29(35)31-26-15-11-24(12-16-26)30(36)33-32-28(34)21(2)37-27-17-13-23(14-18-27)22-8-4-3-5-9-22/h3-19,21H,1-2H3,(H,31,35)(H,32,34)(H,33,36). The highest BCUT2D eigenvalue weighted by Gasteiger charge is 2.16. The molecular weight excluding hydrogens is 466 g/mol. The van der Waals surface area contributed by atoms with Crippen LogP contribution in [-0.2, 0) is 4.79 Å². The second-order valence-corrected chi connectivity index (χ2v) is 8.49. The first-order chi connectivity index (χ1) is 17.9. The van der Waals surface area contributed by atoms with Crippen LogP contribution in [0.3, 0.4) is 0 Å². The van der Waals surface area contributed by atoms with Crippen molar-refractivity contribution in [2.45, 2.75) is 20.0 Å². The molecule has 37 heavy (non-hydrogen) atoms. The maximum absolute atomic E-state index is 12.4. The van der Waals surface area contributed by atoms with Crippen LogP contribution in [0.15, 0.2) is 103 Å². The number of amides is 3. The van der Waals surface area contributed by atoms with Crippen LogP contribution in [0.5, 0.6) is 5.75 Å². The quantitative estimate of drug-likeness (QED) is 0.311. The number of nitrogens with one attached hydrogen (secondary N) is 3. The number of carbonyl (C=O) groups is 3. The molecule has 3 amide bonds. The third-order valence-electron chi connectivity index (χ3n) is 5.63. The number of rotatable bonds is 7. The van der Waals surface area contributed by atoms with Gasteiger partial charge >= 0.3 is 0 Å². The van der Waals surface area contributed by atoms with Crippen LogP contribution in [0.1, 0.15) is 33.2 Å². The first kappa shape index (κ1) is 25.2. The molecule has 0 aliphatic heterocycles. The Morgan fingerprint density at radius 2 is 1.35 bits per heavy atom. The lowest BCUT2D eigenvalue weighted by molar-refractivity contribution is -0.128. The molecule has 0 saturated heterocycles. The summed E-state index contributed by atoms with van der Waals surface area (Å²) in [5.74, 6) is -0.694. The lowest BCUT2D eigenvalue weighted by Crippen LogP contribution is -2.47. The maximum Gasteiger partial charge on any atom is 0.279 e. The average Bonchev–Trinajstić information content (AvgIpc) is 2.92. The molecule has 0 aliphatic carbocycles. The Bertz CT molecular complexity index is 1380. The van der Waals surface area contributed by atoms with Gasteiger partial charge in [-0.1, -0.05) is 60.2 Å². The van der Waals surface area contributed by atoms with Crippen molar-refractivity contribution in [1.82, 2.24) is 10.9 Å². The van der Waals surface area contributed by atoms with Crippen molar-refractivity contribution in [2.75, 3.05) is 5.32 Å². The van der Waals surface area contributed by atoms with Crippen molar-refractivity contribution < 1.29 is 19.1 Å². The molecule has 7 nitrogen and oxygen atoms in total. The van der Waals surface area contributed by atoms with E-state index >= 15 is 0 Å². The molecule has 4 aromatic carbocycles. The molecule has 7 heteroatoms. The molecule has 0 spiro atoms. The SMILES string of the molecule is Cc1cccc(C(=O)Nc2ccc(C(=O)NNC(=O)C(C)Oc3ccc(-c4ccccc4)cc3)cc2)c1. The van der Waals surface area contributed by atoms with E-state index in [1.54, 1.807) is 55.5 Å². The second kappa shape index (κ2) is 11.7. The summed E-state index contributed by atoms with van der Waals surface area (Å²) in [7, 11) is 0. The summed E-state index contributed by atoms with van der Waals surface area (Å²) in [6.07, 6.45) is -0.831. The largest absolute Gasteiger partial charge is 0.481 e. The number of hydrazine groups is 1. The Hall–Kier alpha value is -4.91. The molecule has 0 radical (unpaired) electrons. The van der Waals surface area contributed by atoms with Gasteiger partial charge in [-0.3, -0.25) is 25.2 Å². The van der Waals surface area contributed by atoms with Gasteiger partial charge in [0, 0.05) is 16.8 Å². The van der Waals surface area contributed by atoms with Gasteiger partial charge in [0.15, 0.2) is 6.10 Å². The van der Waals surface area contributed by atoms with E-state index in [-0.39, 0.29) is 5.91 Å². The molecule has 0 saturated carbocycles. The van der Waals surface area contributed by atoms with Gasteiger partial charge < -0.3 is 10.1 Å². The number of anilines is 1. The number of aryl methyl sites for hydroxylation is 1. The van der Waals surface area contributed by atoms with Crippen LogP contribution < -0.4 is 20.9 Å². The van der Waals surface area contributed by atoms with Gasteiger partial charge in [-0.25, -0.2) is 0 Å². The van der Waals surface area contributed by atoms with Gasteiger partial charge in [0.25, 0.3) is 17.7 Å². The summed E-state index contributed by atoms with van der Waals surface area (Å²) in [5, 5.41) is 2.80. The monoisotopic (exact) mass is 493 g/mol. The van der Waals surface area contributed by atoms with Crippen molar-refractivity contribution in [2.24, 2.45) is 0 Å². The number of benzene rings is 4. The van der Waals surface area contributed by atoms with Crippen LogP contribution in [0, 0.1) is 6.92 Å². The summed E-state index contributed by atoms with van der Waals surface area (Å²) in [6.45, 7) is 3.51. The normalized spacial score (nSPS) is 11.2. The van der Waals surface area contributed by atoms with Crippen molar-refractivity contribution >= 4 is 23.4 Å². The summed E-state index contributed by atoms with van der Waals surface area (Å²) in [5.41, 5.74) is 9.29. The molecule has 3 N–H and O–H groups in total. The molecule has 0 aliphatic rings. The Balaban J connectivity index is 1.25. The highest BCUT2D eigenvalue weighted by Crippen LogP contribution is 2.22. The molecule has 0 aromatic heterocycles. The average molecular weight is 494 g/mol. The molecule has 1 unspecified atom stereocenters. The fraction of sp³-hybridized carbons (Fsp3) is 0.100. The number of hydrogen-bond donors (Lipinski definition) is 3. The third kappa shape index (κ3) is 6.82. The van der Waals surface area contributed by atoms with Crippen LogP contribution in [-0.4, -0.2) is 23.8 Å². The Morgan fingerprint density at radius 3 is 2.03 bits per heavy atom. The first-order valence-electron chi connectivity index (χ1n) is 11.8. The summed E-state index contributed by atoms with van der Waals surface area (Å²) < 4.78 is 5.70. The molecule has 186 valence electrons. The van der Waals surface area contributed by atoms with Gasteiger partial charge in [0.1, 0.15) is 5.75 Å². The summed E-state index contributed by atoms with van der Waals surface area (Å²) >= 11 is 0. The Morgan fingerprint density at radius 1 is 0.676 bits per heavy atom. The minimum absolute atomic E-state index is 0.239. The number of carbonyl (C=O) groups excluding carboxylic acids is 3. The smallest absolute Gasteiger partial charge is 0.279 e. The Kier molecular flexibility index (Phi) is 7.95. The molecule has 0 bridgehead atoms. The van der Waals surface area contributed by atoms with E-state index in [0.29, 0.717) is 22.6 Å². The lowest BCUT2D eigenvalue weighted by Gasteiger charge is -2.15. The van der Waals surface area contributed by atoms with Crippen molar-refractivity contribution in [1.29, 1.82) is 0 Å². The second-order valence-electron chi connectivity index (χ2n) is 8.49. The van der Waals surface area contributed by atoms with Crippen LogP contribution >= 0.6 is 0 Å². The zero-order valence-corrected chi connectivity index (χ0v) is 20.5. The first-order valence-corrected chi connectivity index (χ1v) is 11.8. The minimum Gasteiger partial charge on any atom is -0.481 e. The van der Waals surface area contributed by atoms with Gasteiger partial charge in [-0.05, 0) is 73.5 Å². The van der Waals surface area contributed by atoms with Crippen LogP contribution in [0.2, 0.25) is 0 Å². The fourth-order valence-electron chi connectivity index (χ4n) is 3.60. The molecule has 1 atom stereocenters. The van der Waals surface area contributed by atoms with E-state index in [0.717, 1.165) is 16.7 Å². The molecule has 4 rings (SSSR count). The molecule has 0 fully saturated rings. The number of hydrogen-bond acceptors (Lipinski definition) is 4. The minimum atomic E-state index is -0.831. The lowest BCUT2D eigenvalue weighted by atomic mass is 10.1. The highest BCUT2D eigenvalue weighted by atomic mass is 16.5. The molecule has 4 aromatic rings. The van der Waals surface area contributed by atoms with E-state index in [1.807, 2.05) is 61.5 Å². The summed E-state index contributed by atoms with van der Waals surface area (Å²) in [4.78, 5) is 37.2. The highest BCUT2D eigenvalue weighted by molar-refractivity contribution is 6.04. The van der Waals surface area contributed by atoms with Gasteiger partial charge in [0.05, 0.1) is 0 Å². The number of ether oxygens (including phenoxy) is 1. The predicted octanol–water partition coefficient (Wildman–Crippen LogP) is 5.14. The van der Waals surface area contributed by atoms with E-state index in [9.17, 15) is 14.4 Å². The fourth-order valence-corrected chi connectivity index (χ4v) is 3.60. The third-order valence-corrected chi connectivity index (χ3v) is 5.63. The summed E-state index contributed by atoms with van der Waals surface area (Å²) in [6, 6.07) is 31.0.